The van der Waals surface area contributed by atoms with Crippen molar-refractivity contribution in [2.24, 2.45) is 5.73 Å². The molecular weight excluding hydrogens is 248 g/mol. The maximum Gasteiger partial charge on any atom is 0.408 e. The molecule has 0 radical (unpaired) electrons. The third kappa shape index (κ3) is 5.32. The van der Waals surface area contributed by atoms with E-state index in [1.807, 2.05) is 0 Å². The Morgan fingerprint density at radius 3 is 2.68 bits per heavy atom. The molecule has 6 nitrogen and oxygen atoms in total. The minimum absolute atomic E-state index is 0.221. The first-order valence-electron chi connectivity index (χ1n) is 6.13. The van der Waals surface area contributed by atoms with Gasteiger partial charge in [0.25, 0.3) is 0 Å². The highest BCUT2D eigenvalue weighted by atomic mass is 16.6. The molecule has 0 aromatic carbocycles. The lowest BCUT2D eigenvalue weighted by atomic mass is 10.2. The summed E-state index contributed by atoms with van der Waals surface area (Å²) in [5.41, 5.74) is 5.09. The number of rotatable bonds is 5. The molecular formula is C13H22N2O4. The van der Waals surface area contributed by atoms with E-state index in [0.29, 0.717) is 18.1 Å². The van der Waals surface area contributed by atoms with E-state index in [0.717, 1.165) is 0 Å². The van der Waals surface area contributed by atoms with Crippen molar-refractivity contribution in [3.63, 3.8) is 0 Å². The van der Waals surface area contributed by atoms with Crippen LogP contribution in [0, 0.1) is 0 Å². The molecule has 3 N–H and O–H groups in total. The minimum Gasteiger partial charge on any atom is -0.461 e. The van der Waals surface area contributed by atoms with E-state index in [4.69, 9.17) is 19.6 Å². The van der Waals surface area contributed by atoms with Gasteiger partial charge in [0.1, 0.15) is 29.8 Å². The summed E-state index contributed by atoms with van der Waals surface area (Å²) < 4.78 is 15.7. The fourth-order valence-electron chi connectivity index (χ4n) is 1.50. The van der Waals surface area contributed by atoms with Crippen molar-refractivity contribution in [2.45, 2.75) is 39.0 Å². The molecule has 0 spiro atoms. The normalized spacial score (nSPS) is 13.1. The van der Waals surface area contributed by atoms with Crippen LogP contribution in [0.5, 0.6) is 0 Å². The number of hydrogen-bond acceptors (Lipinski definition) is 5. The molecule has 0 saturated carbocycles. The molecule has 0 saturated heterocycles. The number of nitrogens with two attached hydrogens (primary N) is 1. The van der Waals surface area contributed by atoms with E-state index in [1.165, 1.54) is 0 Å². The van der Waals surface area contributed by atoms with Crippen LogP contribution in [0.25, 0.3) is 0 Å². The molecule has 1 heterocycles. The molecule has 0 aliphatic carbocycles. The van der Waals surface area contributed by atoms with Crippen LogP contribution >= 0.6 is 0 Å². The summed E-state index contributed by atoms with van der Waals surface area (Å²) in [7, 11) is 1.58. The number of carbonyl (C=O) groups is 1. The highest BCUT2D eigenvalue weighted by Crippen LogP contribution is 2.17. The first kappa shape index (κ1) is 15.5. The lowest BCUT2D eigenvalue weighted by Crippen LogP contribution is -2.37. The number of furan rings is 1. The maximum absolute atomic E-state index is 11.7. The predicted molar refractivity (Wildman–Crippen MR) is 70.6 cm³/mol. The molecule has 0 aliphatic rings. The van der Waals surface area contributed by atoms with Gasteiger partial charge in [0.15, 0.2) is 0 Å². The first-order chi connectivity index (χ1) is 8.85. The second-order valence-electron chi connectivity index (χ2n) is 5.17. The Bertz CT molecular complexity index is 409. The van der Waals surface area contributed by atoms with E-state index < -0.39 is 17.7 Å². The molecule has 0 aliphatic heterocycles. The van der Waals surface area contributed by atoms with Gasteiger partial charge in [-0.1, -0.05) is 0 Å². The molecule has 1 amide bonds. The van der Waals surface area contributed by atoms with Crippen LogP contribution in [0.15, 0.2) is 16.5 Å². The van der Waals surface area contributed by atoms with Gasteiger partial charge in [0, 0.05) is 13.7 Å². The summed E-state index contributed by atoms with van der Waals surface area (Å²) >= 11 is 0. The Morgan fingerprint density at radius 1 is 1.47 bits per heavy atom. The third-order valence-electron chi connectivity index (χ3n) is 2.24. The van der Waals surface area contributed by atoms with E-state index in [1.54, 1.807) is 40.0 Å². The minimum atomic E-state index is -0.548. The third-order valence-corrected chi connectivity index (χ3v) is 2.24. The second kappa shape index (κ2) is 6.58. The van der Waals surface area contributed by atoms with Crippen LogP contribution in [-0.2, 0) is 16.1 Å². The van der Waals surface area contributed by atoms with E-state index in [2.05, 4.69) is 5.32 Å². The number of methoxy groups -OCH3 is 1. The Morgan fingerprint density at radius 2 is 2.16 bits per heavy atom. The van der Waals surface area contributed by atoms with Crippen molar-refractivity contribution in [3.8, 4) is 0 Å². The molecule has 1 unspecified atom stereocenters. The molecule has 108 valence electrons. The van der Waals surface area contributed by atoms with Gasteiger partial charge in [-0.3, -0.25) is 0 Å². The number of carbonyl (C=O) groups excluding carboxylic acids is 1. The van der Waals surface area contributed by atoms with Gasteiger partial charge >= 0.3 is 6.09 Å². The van der Waals surface area contributed by atoms with Crippen molar-refractivity contribution in [1.29, 1.82) is 0 Å². The fourth-order valence-corrected chi connectivity index (χ4v) is 1.50. The molecule has 1 rings (SSSR count). The average Bonchev–Trinajstić information content (AvgIpc) is 2.72. The van der Waals surface area contributed by atoms with E-state index >= 15 is 0 Å². The van der Waals surface area contributed by atoms with Crippen molar-refractivity contribution in [1.82, 2.24) is 5.32 Å². The molecule has 19 heavy (non-hydrogen) atoms. The van der Waals surface area contributed by atoms with Crippen LogP contribution in [0.1, 0.15) is 38.3 Å². The summed E-state index contributed by atoms with van der Waals surface area (Å²) in [6.45, 7) is 6.00. The first-order valence-corrected chi connectivity index (χ1v) is 6.13. The van der Waals surface area contributed by atoms with Crippen molar-refractivity contribution in [3.05, 3.63) is 23.7 Å². The Labute approximate surface area is 113 Å². The summed E-state index contributed by atoms with van der Waals surface area (Å²) in [5.74, 6) is 1.27. The van der Waals surface area contributed by atoms with Crippen molar-refractivity contribution < 1.29 is 18.7 Å². The zero-order chi connectivity index (χ0) is 14.5. The topological polar surface area (TPSA) is 86.7 Å². The molecule has 0 bridgehead atoms. The zero-order valence-corrected chi connectivity index (χ0v) is 11.9. The van der Waals surface area contributed by atoms with Crippen molar-refractivity contribution >= 4 is 6.09 Å². The smallest absolute Gasteiger partial charge is 0.408 e. The van der Waals surface area contributed by atoms with E-state index in [-0.39, 0.29) is 6.54 Å². The predicted octanol–water partition coefficient (Wildman–Crippen LogP) is 1.95. The zero-order valence-electron chi connectivity index (χ0n) is 11.9. The van der Waals surface area contributed by atoms with Crippen LogP contribution in [0.2, 0.25) is 0 Å². The summed E-state index contributed by atoms with van der Waals surface area (Å²) in [4.78, 5) is 11.7. The summed E-state index contributed by atoms with van der Waals surface area (Å²) in [5, 5.41) is 2.67. The largest absolute Gasteiger partial charge is 0.461 e. The maximum atomic E-state index is 11.7. The molecule has 1 aromatic rings. The van der Waals surface area contributed by atoms with Gasteiger partial charge in [-0.15, -0.1) is 0 Å². The molecule has 1 atom stereocenters. The van der Waals surface area contributed by atoms with Crippen molar-refractivity contribution in [2.75, 3.05) is 13.7 Å². The van der Waals surface area contributed by atoms with Gasteiger partial charge in [0.05, 0.1) is 0 Å². The lowest BCUT2D eigenvalue weighted by Gasteiger charge is -2.22. The highest BCUT2D eigenvalue weighted by Gasteiger charge is 2.21. The molecule has 1 aromatic heterocycles. The van der Waals surface area contributed by atoms with Gasteiger partial charge < -0.3 is 24.9 Å². The number of nitrogens with one attached hydrogen (secondary N) is 1. The van der Waals surface area contributed by atoms with Gasteiger partial charge in [-0.2, -0.15) is 0 Å². The quantitative estimate of drug-likeness (QED) is 0.854. The Kier molecular flexibility index (Phi) is 5.38. The van der Waals surface area contributed by atoms with Gasteiger partial charge in [-0.05, 0) is 32.9 Å². The molecule has 6 heteroatoms. The average molecular weight is 270 g/mol. The summed E-state index contributed by atoms with van der Waals surface area (Å²) in [6.07, 6.45) is -0.521. The summed E-state index contributed by atoms with van der Waals surface area (Å²) in [6, 6.07) is 3.14. The van der Waals surface area contributed by atoms with E-state index in [9.17, 15) is 4.79 Å². The molecule has 0 fully saturated rings. The number of amides is 1. The van der Waals surface area contributed by atoms with Gasteiger partial charge in [0.2, 0.25) is 0 Å². The van der Waals surface area contributed by atoms with Crippen LogP contribution < -0.4 is 11.1 Å². The van der Waals surface area contributed by atoms with Gasteiger partial charge in [-0.25, -0.2) is 4.79 Å². The highest BCUT2D eigenvalue weighted by molar-refractivity contribution is 5.68. The number of ether oxygens (including phenoxy) is 2. The standard InChI is InChI=1S/C13H22N2O4/c1-13(2,3)19-12(16)15-10(7-14)11-6-5-9(18-11)8-17-4/h5-6,10H,7-8,14H2,1-4H3,(H,15,16). The number of hydrogen-bond donors (Lipinski definition) is 2. The second-order valence-corrected chi connectivity index (χ2v) is 5.17. The Hall–Kier alpha value is -1.53. The Balaban J connectivity index is 2.64. The van der Waals surface area contributed by atoms with Crippen LogP contribution in [-0.4, -0.2) is 25.3 Å². The number of alkyl carbamates (subject to hydrolysis) is 1. The monoisotopic (exact) mass is 270 g/mol. The van der Waals surface area contributed by atoms with Crippen LogP contribution in [0.4, 0.5) is 4.79 Å². The van der Waals surface area contributed by atoms with Crippen LogP contribution in [0.3, 0.4) is 0 Å². The SMILES string of the molecule is COCc1ccc(C(CN)NC(=O)OC(C)(C)C)o1. The lowest BCUT2D eigenvalue weighted by molar-refractivity contribution is 0.0498. The fraction of sp³-hybridized carbons (Fsp3) is 0.615.